The van der Waals surface area contributed by atoms with Crippen molar-refractivity contribution in [1.82, 2.24) is 0 Å². The molecule has 1 aliphatic rings. The maximum absolute atomic E-state index is 12.2. The quantitative estimate of drug-likeness (QED) is 0.506. The minimum absolute atomic E-state index is 0.268. The van der Waals surface area contributed by atoms with E-state index in [0.29, 0.717) is 37.9 Å². The first-order chi connectivity index (χ1) is 10.4. The highest BCUT2D eigenvalue weighted by molar-refractivity contribution is 5.82. The van der Waals surface area contributed by atoms with Gasteiger partial charge in [0.15, 0.2) is 0 Å². The highest BCUT2D eigenvalue weighted by Crippen LogP contribution is 2.28. The van der Waals surface area contributed by atoms with Gasteiger partial charge in [-0.2, -0.15) is 0 Å². The lowest BCUT2D eigenvalue weighted by molar-refractivity contribution is -0.161. The Morgan fingerprint density at radius 2 is 1.23 bits per heavy atom. The normalized spacial score (nSPS) is 21.2. The number of carbonyl (C=O) groups excluding carboxylic acids is 2. The molecule has 126 valence electrons. The van der Waals surface area contributed by atoms with Crippen molar-refractivity contribution in [1.29, 1.82) is 0 Å². The minimum atomic E-state index is -0.399. The van der Waals surface area contributed by atoms with E-state index in [9.17, 15) is 9.59 Å². The molecule has 1 rings (SSSR count). The highest BCUT2D eigenvalue weighted by Gasteiger charge is 2.36. The molecular weight excluding hydrogens is 280 g/mol. The third kappa shape index (κ3) is 6.63. The van der Waals surface area contributed by atoms with Crippen molar-refractivity contribution in [2.75, 3.05) is 13.2 Å². The first-order valence-electron chi connectivity index (χ1n) is 8.40. The Kier molecular flexibility index (Phi) is 8.21. The number of allylic oxidation sites excluding steroid dienone is 2. The lowest BCUT2D eigenvalue weighted by Gasteiger charge is -2.25. The van der Waals surface area contributed by atoms with E-state index >= 15 is 0 Å². The van der Waals surface area contributed by atoms with E-state index in [-0.39, 0.29) is 11.9 Å². The molecule has 0 spiro atoms. The molecule has 0 aliphatic heterocycles. The third-order valence-corrected chi connectivity index (χ3v) is 3.92. The van der Waals surface area contributed by atoms with Gasteiger partial charge in [0, 0.05) is 0 Å². The monoisotopic (exact) mass is 310 g/mol. The van der Waals surface area contributed by atoms with E-state index in [0.717, 1.165) is 12.8 Å². The maximum atomic E-state index is 12.2. The molecule has 0 aromatic carbocycles. The van der Waals surface area contributed by atoms with Crippen LogP contribution in [0.4, 0.5) is 0 Å². The summed E-state index contributed by atoms with van der Waals surface area (Å²) in [6.07, 6.45) is 6.71. The van der Waals surface area contributed by atoms with E-state index in [1.165, 1.54) is 0 Å². The summed E-state index contributed by atoms with van der Waals surface area (Å²) >= 11 is 0. The van der Waals surface area contributed by atoms with Crippen LogP contribution < -0.4 is 0 Å². The van der Waals surface area contributed by atoms with Gasteiger partial charge in [0.1, 0.15) is 0 Å². The molecule has 4 heteroatoms. The molecule has 0 saturated heterocycles. The van der Waals surface area contributed by atoms with Crippen LogP contribution in [0.5, 0.6) is 0 Å². The maximum Gasteiger partial charge on any atom is 0.310 e. The zero-order chi connectivity index (χ0) is 16.5. The average Bonchev–Trinajstić information content (AvgIpc) is 2.46. The highest BCUT2D eigenvalue weighted by atomic mass is 16.5. The largest absolute Gasteiger partial charge is 0.465 e. The van der Waals surface area contributed by atoms with E-state index in [4.69, 9.17) is 9.47 Å². The number of hydrogen-bond donors (Lipinski definition) is 0. The molecule has 4 nitrogen and oxygen atoms in total. The molecule has 0 aromatic heterocycles. The Labute approximate surface area is 134 Å². The molecule has 0 aromatic rings. The summed E-state index contributed by atoms with van der Waals surface area (Å²) in [7, 11) is 0. The van der Waals surface area contributed by atoms with E-state index < -0.39 is 11.8 Å². The second-order valence-electron chi connectivity index (χ2n) is 6.86. The van der Waals surface area contributed by atoms with Gasteiger partial charge in [-0.3, -0.25) is 9.59 Å². The van der Waals surface area contributed by atoms with Gasteiger partial charge < -0.3 is 9.47 Å². The van der Waals surface area contributed by atoms with Crippen LogP contribution in [0.1, 0.15) is 53.4 Å². The molecule has 0 radical (unpaired) electrons. The van der Waals surface area contributed by atoms with Crippen molar-refractivity contribution in [3.05, 3.63) is 12.2 Å². The molecule has 0 saturated carbocycles. The minimum Gasteiger partial charge on any atom is -0.465 e. The molecule has 0 fully saturated rings. The Morgan fingerprint density at radius 1 is 0.864 bits per heavy atom. The molecule has 0 amide bonds. The third-order valence-electron chi connectivity index (χ3n) is 3.92. The summed E-state index contributed by atoms with van der Waals surface area (Å²) < 4.78 is 10.7. The van der Waals surface area contributed by atoms with Crippen LogP contribution in [-0.2, 0) is 19.1 Å². The zero-order valence-electron chi connectivity index (χ0n) is 14.3. The molecule has 2 unspecified atom stereocenters. The van der Waals surface area contributed by atoms with Crippen LogP contribution in [0, 0.1) is 23.7 Å². The van der Waals surface area contributed by atoms with Gasteiger partial charge >= 0.3 is 11.9 Å². The van der Waals surface area contributed by atoms with E-state index in [2.05, 4.69) is 27.7 Å². The van der Waals surface area contributed by atoms with Gasteiger partial charge in [0.05, 0.1) is 25.0 Å². The van der Waals surface area contributed by atoms with Crippen LogP contribution in [-0.4, -0.2) is 25.2 Å². The summed E-state index contributed by atoms with van der Waals surface area (Å²) in [5.74, 6) is -0.342. The summed E-state index contributed by atoms with van der Waals surface area (Å²) in [5.41, 5.74) is 0. The van der Waals surface area contributed by atoms with Crippen LogP contribution in [0.2, 0.25) is 0 Å². The fourth-order valence-corrected chi connectivity index (χ4v) is 2.34. The van der Waals surface area contributed by atoms with E-state index in [1.807, 2.05) is 12.2 Å². The Hall–Kier alpha value is -1.32. The summed E-state index contributed by atoms with van der Waals surface area (Å²) in [4.78, 5) is 24.4. The molecule has 0 N–H and O–H groups in total. The van der Waals surface area contributed by atoms with Gasteiger partial charge in [0.25, 0.3) is 0 Å². The molecule has 22 heavy (non-hydrogen) atoms. The fourth-order valence-electron chi connectivity index (χ4n) is 2.34. The van der Waals surface area contributed by atoms with Crippen LogP contribution >= 0.6 is 0 Å². The molecular formula is C18H30O4. The van der Waals surface area contributed by atoms with Crippen LogP contribution in [0.15, 0.2) is 12.2 Å². The number of ether oxygens (including phenoxy) is 2. The second-order valence-corrected chi connectivity index (χ2v) is 6.86. The predicted molar refractivity (Wildman–Crippen MR) is 86.2 cm³/mol. The molecule has 0 bridgehead atoms. The number of carbonyl (C=O) groups is 2. The van der Waals surface area contributed by atoms with Gasteiger partial charge in [0.2, 0.25) is 0 Å². The molecule has 1 aliphatic carbocycles. The Balaban J connectivity index is 2.50. The summed E-state index contributed by atoms with van der Waals surface area (Å²) in [5, 5.41) is 0. The van der Waals surface area contributed by atoms with Crippen molar-refractivity contribution in [2.24, 2.45) is 23.7 Å². The number of esters is 2. The smallest absolute Gasteiger partial charge is 0.310 e. The molecule has 2 atom stereocenters. The SMILES string of the molecule is CC(C)CCOC(=O)C1CC=CCC1C(=O)OCCC(C)C. The topological polar surface area (TPSA) is 52.6 Å². The van der Waals surface area contributed by atoms with Gasteiger partial charge in [-0.15, -0.1) is 0 Å². The first kappa shape index (κ1) is 18.7. The van der Waals surface area contributed by atoms with Gasteiger partial charge in [-0.1, -0.05) is 39.8 Å². The predicted octanol–water partition coefficient (Wildman–Crippen LogP) is 3.75. The Bertz CT molecular complexity index is 349. The summed E-state index contributed by atoms with van der Waals surface area (Å²) in [6, 6.07) is 0. The average molecular weight is 310 g/mol. The van der Waals surface area contributed by atoms with Gasteiger partial charge in [-0.25, -0.2) is 0 Å². The summed E-state index contributed by atoms with van der Waals surface area (Å²) in [6.45, 7) is 9.20. The molecule has 0 heterocycles. The van der Waals surface area contributed by atoms with Crippen molar-refractivity contribution in [3.8, 4) is 0 Å². The Morgan fingerprint density at radius 3 is 1.55 bits per heavy atom. The lowest BCUT2D eigenvalue weighted by atomic mass is 9.83. The number of hydrogen-bond acceptors (Lipinski definition) is 4. The van der Waals surface area contributed by atoms with Gasteiger partial charge in [-0.05, 0) is 37.5 Å². The van der Waals surface area contributed by atoms with E-state index in [1.54, 1.807) is 0 Å². The van der Waals surface area contributed by atoms with Crippen LogP contribution in [0.25, 0.3) is 0 Å². The van der Waals surface area contributed by atoms with Crippen molar-refractivity contribution in [3.63, 3.8) is 0 Å². The van der Waals surface area contributed by atoms with Crippen molar-refractivity contribution in [2.45, 2.75) is 53.4 Å². The number of rotatable bonds is 8. The first-order valence-corrected chi connectivity index (χ1v) is 8.40. The van der Waals surface area contributed by atoms with Crippen molar-refractivity contribution < 1.29 is 19.1 Å². The lowest BCUT2D eigenvalue weighted by Crippen LogP contribution is -2.34. The van der Waals surface area contributed by atoms with Crippen LogP contribution in [0.3, 0.4) is 0 Å². The zero-order valence-corrected chi connectivity index (χ0v) is 14.3. The van der Waals surface area contributed by atoms with Crippen molar-refractivity contribution >= 4 is 11.9 Å². The second kappa shape index (κ2) is 9.65. The fraction of sp³-hybridized carbons (Fsp3) is 0.778. The standard InChI is InChI=1S/C18H30O4/c1-13(2)9-11-21-17(19)15-7-5-6-8-16(15)18(20)22-12-10-14(3)4/h5-6,13-16H,7-12H2,1-4H3.